The Balaban J connectivity index is 3.28. The Kier molecular flexibility index (Phi) is 4.34. The molecule has 0 aliphatic heterocycles. The molecule has 0 heterocycles. The van der Waals surface area contributed by atoms with Crippen molar-refractivity contribution in [3.8, 4) is 11.8 Å². The number of benzene rings is 1. The van der Waals surface area contributed by atoms with Crippen LogP contribution in [0.2, 0.25) is 5.02 Å². The number of rotatable bonds is 4. The summed E-state index contributed by atoms with van der Waals surface area (Å²) in [6.45, 7) is -0.240. The molecule has 7 heteroatoms. The van der Waals surface area contributed by atoms with Crippen molar-refractivity contribution in [2.24, 2.45) is 0 Å². The highest BCUT2D eigenvalue weighted by molar-refractivity contribution is 7.89. The molecule has 0 radical (unpaired) electrons. The van der Waals surface area contributed by atoms with Crippen LogP contribution in [-0.4, -0.2) is 33.4 Å². The first-order valence-electron chi connectivity index (χ1n) is 4.60. The number of methoxy groups -OCH3 is 1. The van der Waals surface area contributed by atoms with Gasteiger partial charge in [0.2, 0.25) is 10.0 Å². The minimum absolute atomic E-state index is 0.0729. The Hall–Kier alpha value is -1.29. The van der Waals surface area contributed by atoms with E-state index in [1.54, 1.807) is 12.1 Å². The molecule has 0 unspecified atom stereocenters. The van der Waals surface area contributed by atoms with Crippen molar-refractivity contribution in [1.82, 2.24) is 4.31 Å². The minimum Gasteiger partial charge on any atom is -0.497 e. The van der Waals surface area contributed by atoms with Crippen LogP contribution in [-0.2, 0) is 10.0 Å². The Morgan fingerprint density at radius 2 is 2.18 bits per heavy atom. The lowest BCUT2D eigenvalue weighted by molar-refractivity contribution is 0.413. The summed E-state index contributed by atoms with van der Waals surface area (Å²) in [6.07, 6.45) is 0. The summed E-state index contributed by atoms with van der Waals surface area (Å²) in [7, 11) is -1.02. The van der Waals surface area contributed by atoms with Gasteiger partial charge in [0.1, 0.15) is 17.2 Å². The molecular formula is C10H11ClN2O3S. The van der Waals surface area contributed by atoms with Gasteiger partial charge in [-0.1, -0.05) is 11.6 Å². The lowest BCUT2D eigenvalue weighted by Gasteiger charge is -2.15. The van der Waals surface area contributed by atoms with Crippen LogP contribution in [0.25, 0.3) is 0 Å². The zero-order valence-electron chi connectivity index (χ0n) is 9.34. The highest BCUT2D eigenvalue weighted by Gasteiger charge is 2.23. The molecule has 0 fully saturated rings. The standard InChI is InChI=1S/C10H11ClN2O3S/c1-13(6-5-12)17(14,15)10-7-8(16-2)3-4-9(10)11/h3-4,7H,6H2,1-2H3. The van der Waals surface area contributed by atoms with E-state index in [0.29, 0.717) is 5.75 Å². The van der Waals surface area contributed by atoms with Gasteiger partial charge in [0.05, 0.1) is 18.2 Å². The van der Waals surface area contributed by atoms with Crippen molar-refractivity contribution < 1.29 is 13.2 Å². The molecule has 5 nitrogen and oxygen atoms in total. The molecule has 0 spiro atoms. The van der Waals surface area contributed by atoms with Crippen molar-refractivity contribution in [3.63, 3.8) is 0 Å². The van der Waals surface area contributed by atoms with Gasteiger partial charge >= 0.3 is 0 Å². The van der Waals surface area contributed by atoms with E-state index in [1.165, 1.54) is 26.3 Å². The molecule has 1 aromatic carbocycles. The summed E-state index contributed by atoms with van der Waals surface area (Å²) in [5.41, 5.74) is 0. The molecule has 0 bridgehead atoms. The summed E-state index contributed by atoms with van der Waals surface area (Å²) in [5, 5.41) is 8.60. The largest absolute Gasteiger partial charge is 0.497 e. The smallest absolute Gasteiger partial charge is 0.245 e. The first-order valence-corrected chi connectivity index (χ1v) is 6.42. The van der Waals surface area contributed by atoms with E-state index >= 15 is 0 Å². The maximum absolute atomic E-state index is 12.0. The van der Waals surface area contributed by atoms with Gasteiger partial charge in [0.15, 0.2) is 0 Å². The fourth-order valence-electron chi connectivity index (χ4n) is 1.16. The number of nitrogens with zero attached hydrogens (tertiary/aromatic N) is 2. The first-order chi connectivity index (χ1) is 7.93. The second kappa shape index (κ2) is 5.36. The fourth-order valence-corrected chi connectivity index (χ4v) is 2.71. The molecule has 0 aliphatic rings. The van der Waals surface area contributed by atoms with Gasteiger partial charge < -0.3 is 4.74 Å². The van der Waals surface area contributed by atoms with Crippen molar-refractivity contribution in [2.75, 3.05) is 20.7 Å². The third-order valence-electron chi connectivity index (χ3n) is 2.12. The van der Waals surface area contributed by atoms with Crippen LogP contribution < -0.4 is 4.74 Å². The molecule has 0 aromatic heterocycles. The summed E-state index contributed by atoms with van der Waals surface area (Å²) >= 11 is 5.84. The van der Waals surface area contributed by atoms with E-state index < -0.39 is 10.0 Å². The maximum atomic E-state index is 12.0. The number of sulfonamides is 1. The molecule has 0 saturated carbocycles. The SMILES string of the molecule is COc1ccc(Cl)c(S(=O)(=O)N(C)CC#N)c1. The molecule has 0 aliphatic carbocycles. The average molecular weight is 275 g/mol. The van der Waals surface area contributed by atoms with E-state index in [1.807, 2.05) is 0 Å². The van der Waals surface area contributed by atoms with Crippen LogP contribution in [0.4, 0.5) is 0 Å². The van der Waals surface area contributed by atoms with Crippen LogP contribution in [0.5, 0.6) is 5.75 Å². The summed E-state index contributed by atoms with van der Waals surface area (Å²) in [6, 6.07) is 6.09. The van der Waals surface area contributed by atoms with Gasteiger partial charge in [-0.25, -0.2) is 8.42 Å². The van der Waals surface area contributed by atoms with E-state index in [9.17, 15) is 8.42 Å². The second-order valence-corrected chi connectivity index (χ2v) is 5.64. The molecule has 0 N–H and O–H groups in total. The lowest BCUT2D eigenvalue weighted by Crippen LogP contribution is -2.27. The van der Waals surface area contributed by atoms with Crippen molar-refractivity contribution in [1.29, 1.82) is 5.26 Å². The van der Waals surface area contributed by atoms with E-state index in [4.69, 9.17) is 21.6 Å². The van der Waals surface area contributed by atoms with Crippen molar-refractivity contribution in [2.45, 2.75) is 4.90 Å². The van der Waals surface area contributed by atoms with Crippen LogP contribution in [0, 0.1) is 11.3 Å². The number of ether oxygens (including phenoxy) is 1. The van der Waals surface area contributed by atoms with E-state index in [0.717, 1.165) is 4.31 Å². The summed E-state index contributed by atoms with van der Waals surface area (Å²) < 4.78 is 30.0. The Labute approximate surface area is 105 Å². The van der Waals surface area contributed by atoms with Gasteiger partial charge in [-0.3, -0.25) is 0 Å². The quantitative estimate of drug-likeness (QED) is 0.780. The predicted molar refractivity (Wildman–Crippen MR) is 63.4 cm³/mol. The van der Waals surface area contributed by atoms with E-state index in [-0.39, 0.29) is 16.5 Å². The first kappa shape index (κ1) is 13.8. The van der Waals surface area contributed by atoms with Gasteiger partial charge in [-0.05, 0) is 12.1 Å². The van der Waals surface area contributed by atoms with Gasteiger partial charge in [0.25, 0.3) is 0 Å². The number of nitriles is 1. The average Bonchev–Trinajstić information content (AvgIpc) is 2.29. The zero-order valence-corrected chi connectivity index (χ0v) is 10.9. The van der Waals surface area contributed by atoms with E-state index in [2.05, 4.69) is 0 Å². The third kappa shape index (κ3) is 2.88. The Bertz CT molecular complexity index is 551. The lowest BCUT2D eigenvalue weighted by atomic mass is 10.3. The molecular weight excluding hydrogens is 264 g/mol. The minimum atomic E-state index is -3.77. The Morgan fingerprint density at radius 1 is 1.53 bits per heavy atom. The molecule has 1 rings (SSSR count). The highest BCUT2D eigenvalue weighted by atomic mass is 35.5. The maximum Gasteiger partial charge on any atom is 0.245 e. The third-order valence-corrected chi connectivity index (χ3v) is 4.40. The molecule has 92 valence electrons. The van der Waals surface area contributed by atoms with Crippen molar-refractivity contribution >= 4 is 21.6 Å². The van der Waals surface area contributed by atoms with Crippen LogP contribution >= 0.6 is 11.6 Å². The summed E-state index contributed by atoms with van der Waals surface area (Å²) in [5.74, 6) is 0.387. The predicted octanol–water partition coefficient (Wildman–Crippen LogP) is 1.49. The highest BCUT2D eigenvalue weighted by Crippen LogP contribution is 2.27. The van der Waals surface area contributed by atoms with Crippen LogP contribution in [0.3, 0.4) is 0 Å². The fraction of sp³-hybridized carbons (Fsp3) is 0.300. The van der Waals surface area contributed by atoms with Crippen LogP contribution in [0.15, 0.2) is 23.1 Å². The number of halogens is 1. The zero-order chi connectivity index (χ0) is 13.1. The topological polar surface area (TPSA) is 70.4 Å². The number of hydrogen-bond donors (Lipinski definition) is 0. The second-order valence-electron chi connectivity index (χ2n) is 3.22. The van der Waals surface area contributed by atoms with Crippen molar-refractivity contribution in [3.05, 3.63) is 23.2 Å². The Morgan fingerprint density at radius 3 is 2.71 bits per heavy atom. The molecule has 1 aromatic rings. The van der Waals surface area contributed by atoms with Gasteiger partial charge in [-0.15, -0.1) is 0 Å². The molecule has 0 saturated heterocycles. The molecule has 0 amide bonds. The normalized spacial score (nSPS) is 11.2. The molecule has 17 heavy (non-hydrogen) atoms. The van der Waals surface area contributed by atoms with Crippen LogP contribution in [0.1, 0.15) is 0 Å². The molecule has 0 atom stereocenters. The monoisotopic (exact) mass is 274 g/mol. The summed E-state index contributed by atoms with van der Waals surface area (Å²) in [4.78, 5) is -0.0729. The van der Waals surface area contributed by atoms with Gasteiger partial charge in [0, 0.05) is 13.1 Å². The van der Waals surface area contributed by atoms with Gasteiger partial charge in [-0.2, -0.15) is 9.57 Å². The number of hydrogen-bond acceptors (Lipinski definition) is 4.